The quantitative estimate of drug-likeness (QED) is 0.257. The van der Waals surface area contributed by atoms with E-state index in [1.165, 1.54) is 12.2 Å². The zero-order valence-corrected chi connectivity index (χ0v) is 18.9. The van der Waals surface area contributed by atoms with Crippen LogP contribution in [0.15, 0.2) is 59.3 Å². The van der Waals surface area contributed by atoms with Crippen LogP contribution >= 0.6 is 0 Å². The van der Waals surface area contributed by atoms with E-state index in [4.69, 9.17) is 14.2 Å². The maximum absolute atomic E-state index is 13.0. The van der Waals surface area contributed by atoms with Crippen LogP contribution < -0.4 is 0 Å². The summed E-state index contributed by atoms with van der Waals surface area (Å²) in [5.74, 6) is -2.55. The minimum Gasteiger partial charge on any atom is -0.458 e. The Bertz CT molecular complexity index is 953. The van der Waals surface area contributed by atoms with Crippen LogP contribution in [0.1, 0.15) is 26.7 Å². The molecule has 0 radical (unpaired) electrons. The van der Waals surface area contributed by atoms with Crippen molar-refractivity contribution in [2.75, 3.05) is 19.8 Å². The zero-order valence-electron chi connectivity index (χ0n) is 18.9. The first kappa shape index (κ1) is 24.7. The van der Waals surface area contributed by atoms with Crippen LogP contribution in [-0.2, 0) is 28.6 Å². The molecule has 5 atom stereocenters. The van der Waals surface area contributed by atoms with Gasteiger partial charge in [0.1, 0.15) is 18.8 Å². The summed E-state index contributed by atoms with van der Waals surface area (Å²) in [6.45, 7) is 10.3. The van der Waals surface area contributed by atoms with Crippen molar-refractivity contribution in [3.63, 3.8) is 0 Å². The average Bonchev–Trinajstić information content (AvgIpc) is 3.26. The van der Waals surface area contributed by atoms with Crippen LogP contribution in [0.5, 0.6) is 0 Å². The van der Waals surface area contributed by atoms with Gasteiger partial charge in [0.2, 0.25) is 0 Å². The maximum Gasteiger partial charge on any atom is 0.337 e. The van der Waals surface area contributed by atoms with Gasteiger partial charge in [0.15, 0.2) is 0 Å². The molecule has 2 aliphatic carbocycles. The highest BCUT2D eigenvalue weighted by Gasteiger charge is 2.54. The smallest absolute Gasteiger partial charge is 0.337 e. The number of fused-ring (bicyclic) bond motifs is 3. The molecule has 3 aliphatic rings. The molecule has 1 saturated heterocycles. The largest absolute Gasteiger partial charge is 0.458 e. The van der Waals surface area contributed by atoms with E-state index in [0.29, 0.717) is 6.42 Å². The van der Waals surface area contributed by atoms with Gasteiger partial charge in [-0.25, -0.2) is 14.4 Å². The van der Waals surface area contributed by atoms with Crippen LogP contribution in [0, 0.1) is 17.8 Å². The average molecular weight is 459 g/mol. The summed E-state index contributed by atoms with van der Waals surface area (Å²) in [5, 5.41) is 18.5. The van der Waals surface area contributed by atoms with Crippen molar-refractivity contribution >= 4 is 17.9 Å². The van der Waals surface area contributed by atoms with E-state index in [0.717, 1.165) is 17.6 Å². The molecule has 178 valence electrons. The molecule has 1 saturated carbocycles. The number of allylic oxidation sites excluding steroid dienone is 2. The fourth-order valence-corrected chi connectivity index (χ4v) is 4.85. The molecule has 8 heteroatoms. The van der Waals surface area contributed by atoms with E-state index in [1.807, 2.05) is 6.92 Å². The summed E-state index contributed by atoms with van der Waals surface area (Å²) >= 11 is 0. The SMILES string of the molecule is C=C1C(=O)O[C@@H]2[C@H]3C(C)=CC[C@H]3C(=C)C[C@@H](OC(=O)/C(=C/CO)COC(=O)/C(=C/C)CO)[C@@H]12. The Balaban J connectivity index is 1.80. The van der Waals surface area contributed by atoms with Gasteiger partial charge in [0.25, 0.3) is 0 Å². The summed E-state index contributed by atoms with van der Waals surface area (Å²) in [7, 11) is 0. The summed E-state index contributed by atoms with van der Waals surface area (Å²) in [5.41, 5.74) is 2.26. The standard InChI is InChI=1S/C25H30O8/c1-5-16(11-27)24(29)31-12-17(8-9-26)25(30)32-19-10-14(3)18-7-6-13(2)20(18)22-21(19)15(4)23(28)33-22/h5-6,8,18-22,26-27H,3-4,7,9-12H2,1-2H3/b16-5+,17-8+/t18-,19+,20-,21+,22+/m0/s1. The Labute approximate surface area is 192 Å². The highest BCUT2D eigenvalue weighted by molar-refractivity contribution is 5.93. The van der Waals surface area contributed by atoms with Crippen molar-refractivity contribution in [2.24, 2.45) is 17.8 Å². The molecule has 8 nitrogen and oxygen atoms in total. The molecule has 33 heavy (non-hydrogen) atoms. The second-order valence-electron chi connectivity index (χ2n) is 8.50. The second kappa shape index (κ2) is 10.3. The van der Waals surface area contributed by atoms with Gasteiger partial charge < -0.3 is 24.4 Å². The Morgan fingerprint density at radius 2 is 1.94 bits per heavy atom. The molecular formula is C25H30O8. The normalized spacial score (nSPS) is 29.6. The first-order valence-electron chi connectivity index (χ1n) is 10.9. The summed E-state index contributed by atoms with van der Waals surface area (Å²) in [4.78, 5) is 37.4. The molecule has 1 aliphatic heterocycles. The van der Waals surface area contributed by atoms with Crippen molar-refractivity contribution < 1.29 is 38.8 Å². The lowest BCUT2D eigenvalue weighted by Crippen LogP contribution is -2.36. The fraction of sp³-hybridized carbons (Fsp3) is 0.480. The third-order valence-corrected chi connectivity index (χ3v) is 6.65. The van der Waals surface area contributed by atoms with Gasteiger partial charge in [-0.05, 0) is 32.3 Å². The summed E-state index contributed by atoms with van der Waals surface area (Å²) in [6, 6.07) is 0. The number of carbonyl (C=O) groups is 3. The fourth-order valence-electron chi connectivity index (χ4n) is 4.85. The lowest BCUT2D eigenvalue weighted by Gasteiger charge is -2.28. The van der Waals surface area contributed by atoms with E-state index in [-0.39, 0.29) is 28.6 Å². The molecule has 2 N–H and O–H groups in total. The second-order valence-corrected chi connectivity index (χ2v) is 8.50. The number of carbonyl (C=O) groups excluding carboxylic acids is 3. The van der Waals surface area contributed by atoms with E-state index < -0.39 is 55.9 Å². The molecule has 2 fully saturated rings. The van der Waals surface area contributed by atoms with Crippen molar-refractivity contribution in [2.45, 2.75) is 38.9 Å². The number of rotatable bonds is 7. The number of aliphatic hydroxyl groups excluding tert-OH is 2. The number of hydrogen-bond donors (Lipinski definition) is 2. The first-order valence-corrected chi connectivity index (χ1v) is 10.9. The van der Waals surface area contributed by atoms with Gasteiger partial charge in [-0.15, -0.1) is 0 Å². The zero-order chi connectivity index (χ0) is 24.3. The minimum absolute atomic E-state index is 0.0412. The third kappa shape index (κ3) is 4.86. The molecule has 0 aromatic carbocycles. The van der Waals surface area contributed by atoms with Gasteiger partial charge in [0, 0.05) is 17.9 Å². The van der Waals surface area contributed by atoms with Crippen molar-refractivity contribution in [3.05, 3.63) is 59.3 Å². The molecule has 3 rings (SSSR count). The van der Waals surface area contributed by atoms with E-state index >= 15 is 0 Å². The van der Waals surface area contributed by atoms with Gasteiger partial charge in [0.05, 0.1) is 30.3 Å². The number of esters is 3. The molecular weight excluding hydrogens is 428 g/mol. The third-order valence-electron chi connectivity index (χ3n) is 6.65. The first-order chi connectivity index (χ1) is 15.7. The van der Waals surface area contributed by atoms with E-state index in [2.05, 4.69) is 19.2 Å². The lowest BCUT2D eigenvalue weighted by molar-refractivity contribution is -0.149. The summed E-state index contributed by atoms with van der Waals surface area (Å²) in [6.07, 6.45) is 4.60. The Morgan fingerprint density at radius 1 is 1.21 bits per heavy atom. The van der Waals surface area contributed by atoms with Crippen molar-refractivity contribution in [1.82, 2.24) is 0 Å². The Hall–Kier alpha value is -2.97. The molecule has 0 spiro atoms. The minimum atomic E-state index is -0.786. The molecule has 0 aromatic rings. The number of aliphatic hydroxyl groups is 2. The van der Waals surface area contributed by atoms with Gasteiger partial charge >= 0.3 is 17.9 Å². The molecule has 0 bridgehead atoms. The molecule has 0 amide bonds. The van der Waals surface area contributed by atoms with E-state index in [9.17, 15) is 24.6 Å². The molecule has 1 heterocycles. The van der Waals surface area contributed by atoms with Gasteiger partial charge in [-0.3, -0.25) is 0 Å². The van der Waals surface area contributed by atoms with Crippen LogP contribution in [0.25, 0.3) is 0 Å². The number of ether oxygens (including phenoxy) is 3. The summed E-state index contributed by atoms with van der Waals surface area (Å²) < 4.78 is 16.5. The predicted molar refractivity (Wildman–Crippen MR) is 118 cm³/mol. The Kier molecular flexibility index (Phi) is 7.71. The van der Waals surface area contributed by atoms with Crippen LogP contribution in [0.4, 0.5) is 0 Å². The lowest BCUT2D eigenvalue weighted by atomic mass is 9.80. The van der Waals surface area contributed by atoms with Crippen LogP contribution in [0.3, 0.4) is 0 Å². The maximum atomic E-state index is 13.0. The van der Waals surface area contributed by atoms with Crippen LogP contribution in [-0.4, -0.2) is 60.1 Å². The van der Waals surface area contributed by atoms with Gasteiger partial charge in [-0.1, -0.05) is 36.5 Å². The topological polar surface area (TPSA) is 119 Å². The van der Waals surface area contributed by atoms with E-state index in [1.54, 1.807) is 6.92 Å². The number of hydrogen-bond acceptors (Lipinski definition) is 8. The Morgan fingerprint density at radius 3 is 2.58 bits per heavy atom. The van der Waals surface area contributed by atoms with Gasteiger partial charge in [-0.2, -0.15) is 0 Å². The highest BCUT2D eigenvalue weighted by atomic mass is 16.6. The molecule has 0 unspecified atom stereocenters. The van der Waals surface area contributed by atoms with Crippen LogP contribution in [0.2, 0.25) is 0 Å². The van der Waals surface area contributed by atoms with Crippen molar-refractivity contribution in [1.29, 1.82) is 0 Å². The highest BCUT2D eigenvalue weighted by Crippen LogP contribution is 2.51. The predicted octanol–water partition coefficient (Wildman–Crippen LogP) is 1.94. The monoisotopic (exact) mass is 458 g/mol. The molecule has 0 aromatic heterocycles. The van der Waals surface area contributed by atoms with Crippen molar-refractivity contribution in [3.8, 4) is 0 Å².